The Kier molecular flexibility index (Phi) is 6.05. The number of hydrogen-bond acceptors (Lipinski definition) is 2. The SMILES string of the molecule is Cc1ccccc1OCCCN=C(N)NC(C)C. The molecule has 1 aromatic rings. The van der Waals surface area contributed by atoms with E-state index < -0.39 is 0 Å². The lowest BCUT2D eigenvalue weighted by molar-refractivity contribution is 0.311. The van der Waals surface area contributed by atoms with E-state index in [0.29, 0.717) is 25.2 Å². The van der Waals surface area contributed by atoms with Crippen LogP contribution in [-0.2, 0) is 0 Å². The minimum absolute atomic E-state index is 0.317. The van der Waals surface area contributed by atoms with Gasteiger partial charge in [-0.2, -0.15) is 0 Å². The van der Waals surface area contributed by atoms with Crippen LogP contribution in [0.5, 0.6) is 5.75 Å². The number of rotatable bonds is 6. The molecule has 0 saturated heterocycles. The van der Waals surface area contributed by atoms with Gasteiger partial charge < -0.3 is 15.8 Å². The van der Waals surface area contributed by atoms with E-state index in [1.54, 1.807) is 0 Å². The first-order valence-electron chi connectivity index (χ1n) is 6.34. The van der Waals surface area contributed by atoms with Gasteiger partial charge in [-0.1, -0.05) is 18.2 Å². The summed E-state index contributed by atoms with van der Waals surface area (Å²) in [5, 5.41) is 3.05. The molecule has 0 aliphatic rings. The fourth-order valence-electron chi connectivity index (χ4n) is 1.51. The van der Waals surface area contributed by atoms with Gasteiger partial charge in [-0.15, -0.1) is 0 Å². The van der Waals surface area contributed by atoms with Gasteiger partial charge in [0.25, 0.3) is 0 Å². The molecule has 18 heavy (non-hydrogen) atoms. The first kappa shape index (κ1) is 14.4. The summed E-state index contributed by atoms with van der Waals surface area (Å²) in [7, 11) is 0. The quantitative estimate of drug-likeness (QED) is 0.461. The fourth-order valence-corrected chi connectivity index (χ4v) is 1.51. The number of nitrogens with two attached hydrogens (primary N) is 1. The Hall–Kier alpha value is -1.71. The van der Waals surface area contributed by atoms with Crippen molar-refractivity contribution in [1.82, 2.24) is 5.32 Å². The second-order valence-corrected chi connectivity index (χ2v) is 4.53. The maximum absolute atomic E-state index is 5.69. The van der Waals surface area contributed by atoms with Crippen LogP contribution in [0.4, 0.5) is 0 Å². The van der Waals surface area contributed by atoms with E-state index in [2.05, 4.69) is 10.3 Å². The molecule has 0 aliphatic heterocycles. The van der Waals surface area contributed by atoms with Crippen LogP contribution in [0.15, 0.2) is 29.3 Å². The number of guanidine groups is 1. The lowest BCUT2D eigenvalue weighted by Crippen LogP contribution is -2.36. The van der Waals surface area contributed by atoms with Crippen LogP contribution in [0.2, 0.25) is 0 Å². The summed E-state index contributed by atoms with van der Waals surface area (Å²) in [5.74, 6) is 1.44. The van der Waals surface area contributed by atoms with Gasteiger partial charge >= 0.3 is 0 Å². The van der Waals surface area contributed by atoms with Crippen molar-refractivity contribution in [2.45, 2.75) is 33.2 Å². The molecule has 0 aromatic heterocycles. The summed E-state index contributed by atoms with van der Waals surface area (Å²) in [6, 6.07) is 8.32. The number of nitrogens with zero attached hydrogens (tertiary/aromatic N) is 1. The molecular formula is C14H23N3O. The standard InChI is InChI=1S/C14H23N3O/c1-11(2)17-14(15)16-9-6-10-18-13-8-5-4-7-12(13)3/h4-5,7-8,11H,6,9-10H2,1-3H3,(H3,15,16,17). The van der Waals surface area contributed by atoms with Gasteiger partial charge in [0.15, 0.2) is 5.96 Å². The van der Waals surface area contributed by atoms with Crippen LogP contribution in [0.25, 0.3) is 0 Å². The van der Waals surface area contributed by atoms with E-state index in [-0.39, 0.29) is 0 Å². The summed E-state index contributed by atoms with van der Waals surface area (Å²) >= 11 is 0. The molecule has 1 rings (SSSR count). The predicted molar refractivity (Wildman–Crippen MR) is 76.1 cm³/mol. The Morgan fingerprint density at radius 1 is 1.39 bits per heavy atom. The maximum atomic E-state index is 5.69. The van der Waals surface area contributed by atoms with Crippen LogP contribution < -0.4 is 15.8 Å². The largest absolute Gasteiger partial charge is 0.493 e. The van der Waals surface area contributed by atoms with Crippen LogP contribution in [-0.4, -0.2) is 25.2 Å². The molecule has 4 nitrogen and oxygen atoms in total. The monoisotopic (exact) mass is 249 g/mol. The first-order chi connectivity index (χ1) is 8.59. The molecular weight excluding hydrogens is 226 g/mol. The first-order valence-corrected chi connectivity index (χ1v) is 6.34. The van der Waals surface area contributed by atoms with Crippen molar-refractivity contribution in [3.63, 3.8) is 0 Å². The number of ether oxygens (including phenoxy) is 1. The zero-order valence-electron chi connectivity index (χ0n) is 11.4. The summed E-state index contributed by atoms with van der Waals surface area (Å²) in [4.78, 5) is 4.22. The van der Waals surface area contributed by atoms with Gasteiger partial charge in [-0.3, -0.25) is 4.99 Å². The molecule has 3 N–H and O–H groups in total. The molecule has 1 aromatic carbocycles. The molecule has 0 bridgehead atoms. The van der Waals surface area contributed by atoms with E-state index in [1.807, 2.05) is 45.0 Å². The van der Waals surface area contributed by atoms with Crippen LogP contribution >= 0.6 is 0 Å². The highest BCUT2D eigenvalue weighted by Gasteiger charge is 1.97. The topological polar surface area (TPSA) is 59.6 Å². The molecule has 0 spiro atoms. The highest BCUT2D eigenvalue weighted by molar-refractivity contribution is 5.77. The number of benzene rings is 1. The summed E-state index contributed by atoms with van der Waals surface area (Å²) in [5.41, 5.74) is 6.84. The highest BCUT2D eigenvalue weighted by atomic mass is 16.5. The molecule has 0 fully saturated rings. The third-order valence-corrected chi connectivity index (χ3v) is 2.37. The molecule has 4 heteroatoms. The molecule has 0 amide bonds. The average molecular weight is 249 g/mol. The molecule has 0 heterocycles. The van der Waals surface area contributed by atoms with Crippen molar-refractivity contribution in [2.24, 2.45) is 10.7 Å². The number of aliphatic imine (C=N–C) groups is 1. The van der Waals surface area contributed by atoms with Crippen molar-refractivity contribution < 1.29 is 4.74 Å². The number of aryl methyl sites for hydroxylation is 1. The van der Waals surface area contributed by atoms with Gasteiger partial charge in [0.05, 0.1) is 6.61 Å². The van der Waals surface area contributed by atoms with Gasteiger partial charge in [0, 0.05) is 19.0 Å². The van der Waals surface area contributed by atoms with Crippen LogP contribution in [0, 0.1) is 6.92 Å². The van der Waals surface area contributed by atoms with Crippen molar-refractivity contribution in [3.05, 3.63) is 29.8 Å². The Balaban J connectivity index is 2.21. The molecule has 0 radical (unpaired) electrons. The highest BCUT2D eigenvalue weighted by Crippen LogP contribution is 2.15. The fraction of sp³-hybridized carbons (Fsp3) is 0.500. The molecule has 0 saturated carbocycles. The van der Waals surface area contributed by atoms with E-state index in [0.717, 1.165) is 17.7 Å². The normalized spacial score (nSPS) is 11.7. The Labute approximate surface area is 109 Å². The minimum atomic E-state index is 0.317. The summed E-state index contributed by atoms with van der Waals surface area (Å²) < 4.78 is 5.67. The Bertz CT molecular complexity index is 388. The lowest BCUT2D eigenvalue weighted by atomic mass is 10.2. The Morgan fingerprint density at radius 2 is 2.11 bits per heavy atom. The second kappa shape index (κ2) is 7.58. The van der Waals surface area contributed by atoms with Gasteiger partial charge in [0.1, 0.15) is 5.75 Å². The molecule has 0 atom stereocenters. The van der Waals surface area contributed by atoms with Crippen LogP contribution in [0.3, 0.4) is 0 Å². The van der Waals surface area contributed by atoms with Crippen molar-refractivity contribution >= 4 is 5.96 Å². The van der Waals surface area contributed by atoms with Crippen molar-refractivity contribution in [1.29, 1.82) is 0 Å². The summed E-state index contributed by atoms with van der Waals surface area (Å²) in [6.07, 6.45) is 0.856. The predicted octanol–water partition coefficient (Wildman–Crippen LogP) is 2.08. The number of para-hydroxylation sites is 1. The Morgan fingerprint density at radius 3 is 2.78 bits per heavy atom. The number of nitrogens with one attached hydrogen (secondary N) is 1. The van der Waals surface area contributed by atoms with E-state index in [9.17, 15) is 0 Å². The lowest BCUT2D eigenvalue weighted by Gasteiger charge is -2.09. The number of hydrogen-bond donors (Lipinski definition) is 2. The third-order valence-electron chi connectivity index (χ3n) is 2.37. The second-order valence-electron chi connectivity index (χ2n) is 4.53. The third kappa shape index (κ3) is 5.57. The zero-order valence-corrected chi connectivity index (χ0v) is 11.4. The minimum Gasteiger partial charge on any atom is -0.493 e. The van der Waals surface area contributed by atoms with Crippen molar-refractivity contribution in [2.75, 3.05) is 13.2 Å². The molecule has 0 aliphatic carbocycles. The van der Waals surface area contributed by atoms with Gasteiger partial charge in [-0.05, 0) is 32.4 Å². The molecule has 0 unspecified atom stereocenters. The van der Waals surface area contributed by atoms with E-state index >= 15 is 0 Å². The smallest absolute Gasteiger partial charge is 0.188 e. The summed E-state index contributed by atoms with van der Waals surface area (Å²) in [6.45, 7) is 7.44. The van der Waals surface area contributed by atoms with E-state index in [1.165, 1.54) is 0 Å². The van der Waals surface area contributed by atoms with Crippen LogP contribution in [0.1, 0.15) is 25.8 Å². The average Bonchev–Trinajstić information content (AvgIpc) is 2.30. The molecule has 100 valence electrons. The van der Waals surface area contributed by atoms with Crippen molar-refractivity contribution in [3.8, 4) is 5.75 Å². The van der Waals surface area contributed by atoms with Gasteiger partial charge in [-0.25, -0.2) is 0 Å². The van der Waals surface area contributed by atoms with E-state index in [4.69, 9.17) is 10.5 Å². The van der Waals surface area contributed by atoms with Gasteiger partial charge in [0.2, 0.25) is 0 Å². The zero-order chi connectivity index (χ0) is 13.4. The maximum Gasteiger partial charge on any atom is 0.188 e.